The lowest BCUT2D eigenvalue weighted by molar-refractivity contribution is -0.134. The lowest BCUT2D eigenvalue weighted by atomic mass is 9.80. The fourth-order valence-electron chi connectivity index (χ4n) is 3.46. The van der Waals surface area contributed by atoms with Crippen LogP contribution in [0.4, 0.5) is 4.39 Å². The Morgan fingerprint density at radius 3 is 2.44 bits per heavy atom. The van der Waals surface area contributed by atoms with Gasteiger partial charge in [-0.15, -0.1) is 0 Å². The number of carbonyl (C=O) groups is 2. The van der Waals surface area contributed by atoms with Crippen molar-refractivity contribution in [1.82, 2.24) is 0 Å². The zero-order chi connectivity index (χ0) is 12.8. The Labute approximate surface area is 105 Å². The third kappa shape index (κ3) is 1.46. The fraction of sp³-hybridized carbons (Fsp3) is 0.467. The van der Waals surface area contributed by atoms with E-state index in [1.165, 1.54) is 6.07 Å². The van der Waals surface area contributed by atoms with E-state index in [0.717, 1.165) is 12.8 Å². The first-order chi connectivity index (χ1) is 8.65. The van der Waals surface area contributed by atoms with Gasteiger partial charge in [0.2, 0.25) is 0 Å². The molecule has 1 atom stereocenters. The molecule has 2 nitrogen and oxygen atoms in total. The summed E-state index contributed by atoms with van der Waals surface area (Å²) in [4.78, 5) is 24.7. The van der Waals surface area contributed by atoms with Crippen molar-refractivity contribution < 1.29 is 14.0 Å². The summed E-state index contributed by atoms with van der Waals surface area (Å²) in [5.74, 6) is -0.955. The molecule has 0 bridgehead atoms. The molecule has 0 N–H and O–H groups in total. The average molecular weight is 246 g/mol. The Bertz CT molecular complexity index is 515. The Kier molecular flexibility index (Phi) is 2.58. The van der Waals surface area contributed by atoms with Gasteiger partial charge in [-0.1, -0.05) is 31.0 Å². The number of Topliss-reactive ketones (excluding diaryl/α,β-unsaturated/α-hetero) is 2. The first-order valence-electron chi connectivity index (χ1n) is 6.47. The van der Waals surface area contributed by atoms with E-state index >= 15 is 0 Å². The van der Waals surface area contributed by atoms with E-state index in [-0.39, 0.29) is 23.8 Å². The second-order valence-corrected chi connectivity index (χ2v) is 5.35. The predicted molar refractivity (Wildman–Crippen MR) is 64.7 cm³/mol. The summed E-state index contributed by atoms with van der Waals surface area (Å²) in [5.41, 5.74) is -0.382. The van der Waals surface area contributed by atoms with Crippen molar-refractivity contribution in [3.8, 4) is 0 Å². The van der Waals surface area contributed by atoms with E-state index in [9.17, 15) is 14.0 Å². The van der Waals surface area contributed by atoms with Crippen molar-refractivity contribution in [3.05, 3.63) is 35.6 Å². The molecule has 0 aliphatic heterocycles. The quantitative estimate of drug-likeness (QED) is 0.714. The van der Waals surface area contributed by atoms with E-state index in [0.29, 0.717) is 18.4 Å². The number of carbonyl (C=O) groups excluding carboxylic acids is 2. The molecule has 1 aromatic carbocycles. The molecular formula is C15H15FO2. The van der Waals surface area contributed by atoms with Crippen LogP contribution in [0.2, 0.25) is 0 Å². The lowest BCUT2D eigenvalue weighted by Crippen LogP contribution is -2.30. The molecule has 0 radical (unpaired) electrons. The molecule has 0 amide bonds. The summed E-state index contributed by atoms with van der Waals surface area (Å²) in [6, 6.07) is 6.30. The highest BCUT2D eigenvalue weighted by molar-refractivity contribution is 6.16. The highest BCUT2D eigenvalue weighted by Gasteiger charge is 2.55. The van der Waals surface area contributed by atoms with Crippen molar-refractivity contribution in [2.24, 2.45) is 5.41 Å². The van der Waals surface area contributed by atoms with E-state index in [1.54, 1.807) is 18.2 Å². The summed E-state index contributed by atoms with van der Waals surface area (Å²) in [5, 5.41) is 0. The Morgan fingerprint density at radius 1 is 1.11 bits per heavy atom. The predicted octanol–water partition coefficient (Wildman–Crippen LogP) is 3.01. The maximum Gasteiger partial charge on any atom is 0.154 e. The van der Waals surface area contributed by atoms with Gasteiger partial charge in [-0.05, 0) is 24.5 Å². The maximum absolute atomic E-state index is 13.8. The summed E-state index contributed by atoms with van der Waals surface area (Å²) >= 11 is 0. The molecule has 2 aliphatic rings. The number of rotatable bonds is 1. The topological polar surface area (TPSA) is 34.1 Å². The molecule has 0 aromatic heterocycles. The largest absolute Gasteiger partial charge is 0.299 e. The molecular weight excluding hydrogens is 231 g/mol. The van der Waals surface area contributed by atoms with Gasteiger partial charge >= 0.3 is 0 Å². The minimum Gasteiger partial charge on any atom is -0.299 e. The van der Waals surface area contributed by atoms with Crippen molar-refractivity contribution in [3.63, 3.8) is 0 Å². The summed E-state index contributed by atoms with van der Waals surface area (Å²) < 4.78 is 13.8. The van der Waals surface area contributed by atoms with Crippen LogP contribution < -0.4 is 0 Å². The zero-order valence-corrected chi connectivity index (χ0v) is 10.1. The first-order valence-corrected chi connectivity index (χ1v) is 6.47. The van der Waals surface area contributed by atoms with Gasteiger partial charge in [0.05, 0.1) is 11.3 Å². The first kappa shape index (κ1) is 11.6. The van der Waals surface area contributed by atoms with Crippen LogP contribution in [0.5, 0.6) is 0 Å². The molecule has 18 heavy (non-hydrogen) atoms. The van der Waals surface area contributed by atoms with Crippen LogP contribution in [0.15, 0.2) is 24.3 Å². The van der Waals surface area contributed by atoms with Gasteiger partial charge in [-0.2, -0.15) is 0 Å². The molecule has 3 rings (SSSR count). The van der Waals surface area contributed by atoms with Crippen LogP contribution >= 0.6 is 0 Å². The third-order valence-corrected chi connectivity index (χ3v) is 4.45. The van der Waals surface area contributed by atoms with Gasteiger partial charge in [-0.25, -0.2) is 4.39 Å². The van der Waals surface area contributed by atoms with Crippen LogP contribution in [0.25, 0.3) is 0 Å². The molecule has 0 saturated heterocycles. The lowest BCUT2D eigenvalue weighted by Gasteiger charge is -2.19. The fourth-order valence-corrected chi connectivity index (χ4v) is 3.46. The number of ketones is 2. The van der Waals surface area contributed by atoms with E-state index in [2.05, 4.69) is 0 Å². The van der Waals surface area contributed by atoms with E-state index in [4.69, 9.17) is 0 Å². The van der Waals surface area contributed by atoms with E-state index < -0.39 is 11.3 Å². The van der Waals surface area contributed by atoms with Gasteiger partial charge in [0.15, 0.2) is 5.78 Å². The molecule has 2 fully saturated rings. The van der Waals surface area contributed by atoms with Crippen LogP contribution in [-0.4, -0.2) is 11.6 Å². The molecule has 2 aliphatic carbocycles. The van der Waals surface area contributed by atoms with Crippen LogP contribution in [0.1, 0.15) is 43.6 Å². The Hall–Kier alpha value is -1.51. The summed E-state index contributed by atoms with van der Waals surface area (Å²) in [6.45, 7) is 0. The molecule has 1 spiro atoms. The third-order valence-electron chi connectivity index (χ3n) is 4.45. The normalized spacial score (nSPS) is 26.2. The molecule has 1 unspecified atom stereocenters. The Morgan fingerprint density at radius 2 is 1.78 bits per heavy atom. The number of hydrogen-bond donors (Lipinski definition) is 0. The number of hydrogen-bond acceptors (Lipinski definition) is 2. The van der Waals surface area contributed by atoms with Crippen LogP contribution in [0.3, 0.4) is 0 Å². The monoisotopic (exact) mass is 246 g/mol. The second-order valence-electron chi connectivity index (χ2n) is 5.35. The zero-order valence-electron chi connectivity index (χ0n) is 10.1. The van der Waals surface area contributed by atoms with Crippen molar-refractivity contribution >= 4 is 11.6 Å². The molecule has 2 saturated carbocycles. The summed E-state index contributed by atoms with van der Waals surface area (Å²) in [7, 11) is 0. The van der Waals surface area contributed by atoms with E-state index in [1.807, 2.05) is 0 Å². The second kappa shape index (κ2) is 4.01. The number of halogens is 1. The minimum atomic E-state index is -0.771. The van der Waals surface area contributed by atoms with Crippen LogP contribution in [0, 0.1) is 11.2 Å². The summed E-state index contributed by atoms with van der Waals surface area (Å²) in [6.07, 6.45) is 3.37. The van der Waals surface area contributed by atoms with Crippen molar-refractivity contribution in [1.29, 1.82) is 0 Å². The smallest absolute Gasteiger partial charge is 0.154 e. The van der Waals surface area contributed by atoms with Gasteiger partial charge in [0.1, 0.15) is 11.6 Å². The van der Waals surface area contributed by atoms with Crippen molar-refractivity contribution in [2.75, 3.05) is 0 Å². The van der Waals surface area contributed by atoms with Gasteiger partial charge in [0, 0.05) is 6.42 Å². The SMILES string of the molecule is O=C1CC(c2ccccc2F)C(=O)C12CCCC2. The van der Waals surface area contributed by atoms with Gasteiger partial charge < -0.3 is 0 Å². The molecule has 3 heteroatoms. The van der Waals surface area contributed by atoms with Gasteiger partial charge in [-0.3, -0.25) is 9.59 Å². The Balaban J connectivity index is 2.00. The van der Waals surface area contributed by atoms with Crippen molar-refractivity contribution in [2.45, 2.75) is 38.0 Å². The molecule has 94 valence electrons. The standard InChI is InChI=1S/C15H15FO2/c16-12-6-2-1-5-10(12)11-9-13(17)15(14(11)18)7-3-4-8-15/h1-2,5-6,11H,3-4,7-9H2. The number of benzene rings is 1. The van der Waals surface area contributed by atoms with Gasteiger partial charge in [0.25, 0.3) is 0 Å². The highest BCUT2D eigenvalue weighted by Crippen LogP contribution is 2.50. The average Bonchev–Trinajstić information content (AvgIpc) is 2.94. The molecule has 1 aromatic rings. The van der Waals surface area contributed by atoms with Crippen LogP contribution in [-0.2, 0) is 9.59 Å². The minimum absolute atomic E-state index is 0.0262. The maximum atomic E-state index is 13.8. The highest BCUT2D eigenvalue weighted by atomic mass is 19.1. The molecule has 0 heterocycles.